The van der Waals surface area contributed by atoms with Crippen molar-refractivity contribution in [3.63, 3.8) is 0 Å². The molecule has 0 aromatic heterocycles. The molecule has 2 aromatic carbocycles. The van der Waals surface area contributed by atoms with Crippen molar-refractivity contribution in [1.29, 1.82) is 0 Å². The maximum atomic E-state index is 13.4. The van der Waals surface area contributed by atoms with E-state index in [1.165, 1.54) is 31.1 Å². The van der Waals surface area contributed by atoms with E-state index in [4.69, 9.17) is 4.74 Å². The first-order valence-corrected chi connectivity index (χ1v) is 13.9. The Morgan fingerprint density at radius 1 is 1.26 bits per heavy atom. The van der Waals surface area contributed by atoms with Crippen LogP contribution >= 0.6 is 0 Å². The summed E-state index contributed by atoms with van der Waals surface area (Å²) in [6, 6.07) is 9.51. The van der Waals surface area contributed by atoms with E-state index in [0.717, 1.165) is 30.6 Å². The molecule has 3 fully saturated rings. The summed E-state index contributed by atoms with van der Waals surface area (Å²) in [7, 11) is 1.75. The number of aliphatic hydroxyl groups is 1. The zero-order chi connectivity index (χ0) is 27.1. The highest BCUT2D eigenvalue weighted by Crippen LogP contribution is 2.66. The van der Waals surface area contributed by atoms with Gasteiger partial charge in [-0.05, 0) is 74.3 Å². The lowest BCUT2D eigenvalue weighted by Gasteiger charge is -2.64. The van der Waals surface area contributed by atoms with E-state index in [9.17, 15) is 25.1 Å². The van der Waals surface area contributed by atoms with E-state index in [0.29, 0.717) is 36.5 Å². The van der Waals surface area contributed by atoms with Gasteiger partial charge in [-0.3, -0.25) is 19.8 Å². The minimum Gasteiger partial charge on any atom is -0.504 e. The van der Waals surface area contributed by atoms with Crippen molar-refractivity contribution in [2.24, 2.45) is 5.92 Å². The molecule has 204 valence electrons. The number of benzene rings is 2. The topological polar surface area (TPSA) is 116 Å². The molecule has 39 heavy (non-hydrogen) atoms. The first kappa shape index (κ1) is 24.6. The molecule has 2 N–H and O–H groups in total. The number of amides is 1. The number of likely N-dealkylation sites (tertiary alicyclic amines) is 1. The molecule has 2 aromatic rings. The molecule has 0 radical (unpaired) electrons. The second kappa shape index (κ2) is 8.53. The number of piperidine rings is 1. The lowest BCUT2D eigenvalue weighted by Crippen LogP contribution is -2.78. The third kappa shape index (κ3) is 3.49. The normalized spacial score (nSPS) is 32.5. The molecule has 2 saturated carbocycles. The second-order valence-corrected chi connectivity index (χ2v) is 12.0. The number of rotatable bonds is 6. The Morgan fingerprint density at radius 2 is 2.08 bits per heavy atom. The van der Waals surface area contributed by atoms with E-state index < -0.39 is 22.0 Å². The Labute approximate surface area is 226 Å². The molecule has 2 bridgehead atoms. The van der Waals surface area contributed by atoms with Crippen LogP contribution in [0.15, 0.2) is 42.5 Å². The molecule has 2 aliphatic heterocycles. The number of non-ortho nitro benzene ring substituents is 1. The number of ether oxygens (including phenoxy) is 1. The van der Waals surface area contributed by atoms with Crippen molar-refractivity contribution in [2.75, 3.05) is 20.1 Å². The number of hydrogen-bond acceptors (Lipinski definition) is 7. The zero-order valence-corrected chi connectivity index (χ0v) is 22.0. The van der Waals surface area contributed by atoms with Gasteiger partial charge in [-0.15, -0.1) is 0 Å². The molecule has 1 spiro atoms. The Kier molecular flexibility index (Phi) is 5.38. The number of carbonyl (C=O) groups is 1. The van der Waals surface area contributed by atoms with E-state index >= 15 is 0 Å². The number of phenolic OH excluding ortho intramolecular Hbond substituents is 1. The third-order valence-corrected chi connectivity index (χ3v) is 10.1. The lowest BCUT2D eigenvalue weighted by atomic mass is 9.48. The van der Waals surface area contributed by atoms with E-state index in [1.807, 2.05) is 6.07 Å². The summed E-state index contributed by atoms with van der Waals surface area (Å²) in [6.07, 6.45) is 7.62. The standard InChI is InChI=1S/C30H33N3O6/c1-31(25(35)10-7-18-3-2-4-21(15-18)33(37)38)22-11-12-30(36)24-16-20-8-9-23(34)27-26(20)29(30,28(22)39-27)13-14-32(24)17-19-5-6-19/h2-4,7-10,15,19,22,24,28,34,36H,5-6,11-14,16-17H2,1H3/t22-,24-,28+,29+,30-/m1/s1. The van der Waals surface area contributed by atoms with Crippen LogP contribution in [0, 0.1) is 16.0 Å². The van der Waals surface area contributed by atoms with Crippen molar-refractivity contribution in [3.8, 4) is 11.5 Å². The molecule has 2 heterocycles. The van der Waals surface area contributed by atoms with Crippen molar-refractivity contribution < 1.29 is 24.7 Å². The Bertz CT molecular complexity index is 1410. The highest BCUT2D eigenvalue weighted by Gasteiger charge is 2.73. The van der Waals surface area contributed by atoms with Crippen molar-refractivity contribution in [3.05, 3.63) is 69.3 Å². The molecule has 9 nitrogen and oxygen atoms in total. The van der Waals surface area contributed by atoms with E-state index in [-0.39, 0.29) is 29.4 Å². The molecule has 1 amide bonds. The fourth-order valence-corrected chi connectivity index (χ4v) is 8.04. The van der Waals surface area contributed by atoms with Gasteiger partial charge in [0.2, 0.25) is 5.91 Å². The summed E-state index contributed by atoms with van der Waals surface area (Å²) in [5.41, 5.74) is 0.906. The number of carbonyl (C=O) groups excluding carboxylic acids is 1. The molecule has 0 unspecified atom stereocenters. The van der Waals surface area contributed by atoms with Crippen LogP contribution in [0.25, 0.3) is 6.08 Å². The van der Waals surface area contributed by atoms with Gasteiger partial charge in [-0.1, -0.05) is 18.2 Å². The number of nitro benzene ring substituents is 1. The summed E-state index contributed by atoms with van der Waals surface area (Å²) >= 11 is 0. The van der Waals surface area contributed by atoms with Gasteiger partial charge in [-0.2, -0.15) is 0 Å². The van der Waals surface area contributed by atoms with Gasteiger partial charge >= 0.3 is 0 Å². The molecule has 7 rings (SSSR count). The van der Waals surface area contributed by atoms with Gasteiger partial charge in [0.25, 0.3) is 5.69 Å². The summed E-state index contributed by atoms with van der Waals surface area (Å²) in [5.74, 6) is 1.02. The van der Waals surface area contributed by atoms with Crippen LogP contribution in [-0.4, -0.2) is 74.8 Å². The minimum atomic E-state index is -1.00. The van der Waals surface area contributed by atoms with E-state index in [2.05, 4.69) is 4.90 Å². The maximum absolute atomic E-state index is 13.4. The molecule has 9 heteroatoms. The van der Waals surface area contributed by atoms with Crippen LogP contribution < -0.4 is 4.74 Å². The smallest absolute Gasteiger partial charge is 0.270 e. The van der Waals surface area contributed by atoms with Gasteiger partial charge in [0.05, 0.1) is 22.0 Å². The Balaban J connectivity index is 1.22. The third-order valence-electron chi connectivity index (χ3n) is 10.1. The maximum Gasteiger partial charge on any atom is 0.270 e. The van der Waals surface area contributed by atoms with E-state index in [1.54, 1.807) is 36.2 Å². The number of hydrogen-bond donors (Lipinski definition) is 2. The number of aromatic hydroxyl groups is 1. The average molecular weight is 532 g/mol. The number of likely N-dealkylation sites (N-methyl/N-ethyl adjacent to an activating group) is 1. The lowest BCUT2D eigenvalue weighted by molar-refractivity contribution is -0.384. The van der Waals surface area contributed by atoms with Gasteiger partial charge in [0.15, 0.2) is 11.5 Å². The number of nitro groups is 1. The number of nitrogens with zero attached hydrogens (tertiary/aromatic N) is 3. The second-order valence-electron chi connectivity index (χ2n) is 12.0. The summed E-state index contributed by atoms with van der Waals surface area (Å²) in [4.78, 5) is 28.2. The molecule has 5 atom stereocenters. The quantitative estimate of drug-likeness (QED) is 0.333. The van der Waals surface area contributed by atoms with Crippen LogP contribution in [0.1, 0.15) is 48.8 Å². The summed E-state index contributed by atoms with van der Waals surface area (Å²) in [6.45, 7) is 1.87. The molecule has 1 saturated heterocycles. The highest BCUT2D eigenvalue weighted by atomic mass is 16.6. The minimum absolute atomic E-state index is 0.0170. The van der Waals surface area contributed by atoms with Crippen molar-refractivity contribution >= 4 is 17.7 Å². The van der Waals surface area contributed by atoms with Crippen molar-refractivity contribution in [2.45, 2.75) is 67.7 Å². The summed E-state index contributed by atoms with van der Waals surface area (Å²) < 4.78 is 6.57. The number of phenols is 1. The monoisotopic (exact) mass is 531 g/mol. The van der Waals surface area contributed by atoms with Crippen LogP contribution in [0.5, 0.6) is 11.5 Å². The van der Waals surface area contributed by atoms with Crippen LogP contribution in [0.4, 0.5) is 5.69 Å². The Hall–Kier alpha value is -3.43. The Morgan fingerprint density at radius 3 is 2.85 bits per heavy atom. The molecular weight excluding hydrogens is 498 g/mol. The zero-order valence-electron chi connectivity index (χ0n) is 22.0. The molecule has 3 aliphatic carbocycles. The predicted octanol–water partition coefficient (Wildman–Crippen LogP) is 3.40. The van der Waals surface area contributed by atoms with Crippen LogP contribution in [0.3, 0.4) is 0 Å². The molecular formula is C30H33N3O6. The van der Waals surface area contributed by atoms with Gasteiger partial charge in [0, 0.05) is 43.4 Å². The first-order chi connectivity index (χ1) is 18.7. The predicted molar refractivity (Wildman–Crippen MR) is 143 cm³/mol. The summed E-state index contributed by atoms with van der Waals surface area (Å²) in [5, 5.41) is 34.5. The van der Waals surface area contributed by atoms with Crippen LogP contribution in [-0.2, 0) is 16.6 Å². The fourth-order valence-electron chi connectivity index (χ4n) is 8.04. The first-order valence-electron chi connectivity index (χ1n) is 13.9. The van der Waals surface area contributed by atoms with Gasteiger partial charge in [0.1, 0.15) is 6.10 Å². The largest absolute Gasteiger partial charge is 0.504 e. The fraction of sp³-hybridized carbons (Fsp3) is 0.500. The van der Waals surface area contributed by atoms with Gasteiger partial charge < -0.3 is 19.8 Å². The highest BCUT2D eigenvalue weighted by molar-refractivity contribution is 5.92. The molecule has 5 aliphatic rings. The van der Waals surface area contributed by atoms with Gasteiger partial charge in [-0.25, -0.2) is 0 Å². The van der Waals surface area contributed by atoms with Crippen molar-refractivity contribution in [1.82, 2.24) is 9.80 Å². The average Bonchev–Trinajstić information content (AvgIpc) is 3.67. The SMILES string of the molecule is CN(C(=O)C=Cc1cccc([N+](=O)[O-])c1)[C@@H]1CC[C@@]2(O)[C@H]3Cc4ccc(O)c5c4[C@@]2(CCN3CC2CC2)[C@H]1O5. The van der Waals surface area contributed by atoms with Crippen LogP contribution in [0.2, 0.25) is 0 Å².